The molecule has 0 radical (unpaired) electrons. The van der Waals surface area contributed by atoms with Crippen molar-refractivity contribution in [3.8, 4) is 0 Å². The Morgan fingerprint density at radius 3 is 2.47 bits per heavy atom. The average molecular weight is 303 g/mol. The van der Waals surface area contributed by atoms with Crippen LogP contribution in [0.3, 0.4) is 0 Å². The van der Waals surface area contributed by atoms with Gasteiger partial charge in [0.1, 0.15) is 4.21 Å². The van der Waals surface area contributed by atoms with Crippen LogP contribution in [-0.2, 0) is 10.0 Å². The summed E-state index contributed by atoms with van der Waals surface area (Å²) in [5.41, 5.74) is -0.628. The molecule has 1 heterocycles. The van der Waals surface area contributed by atoms with E-state index in [-0.39, 0.29) is 16.3 Å². The number of rotatable bonds is 5. The van der Waals surface area contributed by atoms with Gasteiger partial charge in [-0.15, -0.1) is 17.9 Å². The van der Waals surface area contributed by atoms with Gasteiger partial charge in [0.15, 0.2) is 0 Å². The van der Waals surface area contributed by atoms with Crippen LogP contribution < -0.4 is 0 Å². The van der Waals surface area contributed by atoms with Gasteiger partial charge in [0.2, 0.25) is 0 Å². The Kier molecular flexibility index (Phi) is 4.54. The van der Waals surface area contributed by atoms with Crippen molar-refractivity contribution in [2.75, 3.05) is 6.54 Å². The van der Waals surface area contributed by atoms with Crippen LogP contribution in [0.1, 0.15) is 31.1 Å². The summed E-state index contributed by atoms with van der Waals surface area (Å²) in [6, 6.07) is 1.18. The molecule has 0 aromatic carbocycles. The third-order valence-electron chi connectivity index (χ3n) is 2.41. The lowest BCUT2D eigenvalue weighted by Crippen LogP contribution is -2.45. The first kappa shape index (κ1) is 15.9. The first-order chi connectivity index (χ1) is 8.60. The van der Waals surface area contributed by atoms with Gasteiger partial charge >= 0.3 is 5.97 Å². The molecular weight excluding hydrogens is 286 g/mol. The van der Waals surface area contributed by atoms with Crippen LogP contribution in [0.4, 0.5) is 0 Å². The summed E-state index contributed by atoms with van der Waals surface area (Å²) in [6.07, 6.45) is 1.51. The fourth-order valence-electron chi connectivity index (χ4n) is 1.52. The van der Waals surface area contributed by atoms with E-state index in [1.807, 2.05) is 0 Å². The molecule has 1 rings (SSSR count). The van der Waals surface area contributed by atoms with E-state index < -0.39 is 21.5 Å². The zero-order chi connectivity index (χ0) is 14.8. The molecule has 7 heteroatoms. The van der Waals surface area contributed by atoms with E-state index in [1.165, 1.54) is 21.8 Å². The lowest BCUT2D eigenvalue weighted by Gasteiger charge is -2.33. The molecule has 5 nitrogen and oxygen atoms in total. The maximum Gasteiger partial charge on any atom is 0.336 e. The Bertz CT molecular complexity index is 581. The molecule has 1 aromatic heterocycles. The molecular formula is C12H17NO4S2. The Morgan fingerprint density at radius 1 is 1.53 bits per heavy atom. The first-order valence-electron chi connectivity index (χ1n) is 5.56. The van der Waals surface area contributed by atoms with Crippen LogP contribution in [0.5, 0.6) is 0 Å². The van der Waals surface area contributed by atoms with Crippen molar-refractivity contribution >= 4 is 27.3 Å². The standard InChI is InChI=1S/C12H17NO4S2/c1-5-6-13(12(2,3)4)19(16,17)10-7-9(8-18-10)11(14)15/h5,7-8H,1,6H2,2-4H3,(H,14,15). The summed E-state index contributed by atoms with van der Waals surface area (Å²) in [4.78, 5) is 10.8. The normalized spacial score (nSPS) is 12.6. The van der Waals surface area contributed by atoms with Gasteiger partial charge in [-0.2, -0.15) is 4.31 Å². The smallest absolute Gasteiger partial charge is 0.336 e. The third-order valence-corrected chi connectivity index (χ3v) is 5.96. The highest BCUT2D eigenvalue weighted by Crippen LogP contribution is 2.28. The Balaban J connectivity index is 3.26. The van der Waals surface area contributed by atoms with Crippen LogP contribution in [0.2, 0.25) is 0 Å². The molecule has 1 N–H and O–H groups in total. The Morgan fingerprint density at radius 2 is 2.11 bits per heavy atom. The predicted octanol–water partition coefficient (Wildman–Crippen LogP) is 2.42. The molecule has 0 atom stereocenters. The number of carbonyl (C=O) groups is 1. The van der Waals surface area contributed by atoms with Crippen molar-refractivity contribution in [1.82, 2.24) is 4.31 Å². The fraction of sp³-hybridized carbons (Fsp3) is 0.417. The predicted molar refractivity (Wildman–Crippen MR) is 75.1 cm³/mol. The molecule has 0 saturated heterocycles. The fourth-order valence-corrected chi connectivity index (χ4v) is 4.55. The average Bonchev–Trinajstić information content (AvgIpc) is 2.73. The van der Waals surface area contributed by atoms with Crippen LogP contribution in [0, 0.1) is 0 Å². The van der Waals surface area contributed by atoms with Gasteiger partial charge in [0.25, 0.3) is 10.0 Å². The molecule has 0 saturated carbocycles. The van der Waals surface area contributed by atoms with Crippen molar-refractivity contribution in [3.63, 3.8) is 0 Å². The molecule has 0 spiro atoms. The minimum atomic E-state index is -3.72. The van der Waals surface area contributed by atoms with Gasteiger partial charge in [-0.1, -0.05) is 6.08 Å². The summed E-state index contributed by atoms with van der Waals surface area (Å²) in [6.45, 7) is 9.06. The maximum atomic E-state index is 12.5. The van der Waals surface area contributed by atoms with Gasteiger partial charge in [-0.05, 0) is 26.8 Å². The number of hydrogen-bond donors (Lipinski definition) is 1. The van der Waals surface area contributed by atoms with Crippen molar-refractivity contribution in [2.45, 2.75) is 30.5 Å². The number of hydrogen-bond acceptors (Lipinski definition) is 4. The topological polar surface area (TPSA) is 74.7 Å². The lowest BCUT2D eigenvalue weighted by atomic mass is 10.1. The van der Waals surface area contributed by atoms with Crippen LogP contribution in [0.25, 0.3) is 0 Å². The summed E-state index contributed by atoms with van der Waals surface area (Å²) >= 11 is 0.910. The summed E-state index contributed by atoms with van der Waals surface area (Å²) in [5.74, 6) is -1.14. The van der Waals surface area contributed by atoms with Crippen molar-refractivity contribution in [3.05, 3.63) is 29.7 Å². The number of sulfonamides is 1. The van der Waals surface area contributed by atoms with E-state index in [1.54, 1.807) is 20.8 Å². The molecule has 0 fully saturated rings. The highest BCUT2D eigenvalue weighted by Gasteiger charge is 2.34. The van der Waals surface area contributed by atoms with Gasteiger partial charge in [-0.3, -0.25) is 0 Å². The largest absolute Gasteiger partial charge is 0.478 e. The van der Waals surface area contributed by atoms with E-state index in [9.17, 15) is 13.2 Å². The Labute approximate surface area is 117 Å². The van der Waals surface area contributed by atoms with Gasteiger partial charge in [0, 0.05) is 17.5 Å². The minimum Gasteiger partial charge on any atom is -0.478 e. The molecule has 0 unspecified atom stereocenters. The molecule has 0 aliphatic heterocycles. The summed E-state index contributed by atoms with van der Waals surface area (Å²) in [5, 5.41) is 10.2. The molecule has 0 bridgehead atoms. The summed E-state index contributed by atoms with van der Waals surface area (Å²) < 4.78 is 26.3. The van der Waals surface area contributed by atoms with Gasteiger partial charge in [0.05, 0.1) is 5.56 Å². The van der Waals surface area contributed by atoms with E-state index in [0.29, 0.717) is 0 Å². The second kappa shape index (κ2) is 5.44. The summed E-state index contributed by atoms with van der Waals surface area (Å²) in [7, 11) is -3.72. The van der Waals surface area contributed by atoms with Crippen LogP contribution in [0.15, 0.2) is 28.3 Å². The van der Waals surface area contributed by atoms with E-state index in [4.69, 9.17) is 5.11 Å². The molecule has 19 heavy (non-hydrogen) atoms. The maximum absolute atomic E-state index is 12.5. The lowest BCUT2D eigenvalue weighted by molar-refractivity contribution is 0.0697. The van der Waals surface area contributed by atoms with Crippen molar-refractivity contribution in [1.29, 1.82) is 0 Å². The quantitative estimate of drug-likeness (QED) is 0.848. The number of nitrogens with zero attached hydrogens (tertiary/aromatic N) is 1. The van der Waals surface area contributed by atoms with E-state index >= 15 is 0 Å². The first-order valence-corrected chi connectivity index (χ1v) is 7.88. The molecule has 0 amide bonds. The number of carboxylic acids is 1. The van der Waals surface area contributed by atoms with Crippen molar-refractivity contribution < 1.29 is 18.3 Å². The minimum absolute atomic E-state index is 0.0176. The molecule has 106 valence electrons. The number of thiophene rings is 1. The van der Waals surface area contributed by atoms with E-state index in [0.717, 1.165) is 11.3 Å². The monoisotopic (exact) mass is 303 g/mol. The third kappa shape index (κ3) is 3.43. The zero-order valence-corrected chi connectivity index (χ0v) is 12.7. The molecule has 0 aliphatic rings. The van der Waals surface area contributed by atoms with E-state index in [2.05, 4.69) is 6.58 Å². The number of aromatic carboxylic acids is 1. The van der Waals surface area contributed by atoms with Crippen molar-refractivity contribution in [2.24, 2.45) is 0 Å². The number of carboxylic acid groups (broad SMARTS) is 1. The zero-order valence-electron chi connectivity index (χ0n) is 11.1. The van der Waals surface area contributed by atoms with Gasteiger partial charge in [-0.25, -0.2) is 13.2 Å². The van der Waals surface area contributed by atoms with Crippen LogP contribution in [-0.4, -0.2) is 35.9 Å². The molecule has 0 aliphatic carbocycles. The SMILES string of the molecule is C=CCN(C(C)(C)C)S(=O)(=O)c1cc(C(=O)O)cs1. The van der Waals surface area contributed by atoms with Crippen LogP contribution >= 0.6 is 11.3 Å². The van der Waals surface area contributed by atoms with Gasteiger partial charge < -0.3 is 5.11 Å². The second-order valence-electron chi connectivity index (χ2n) is 4.96. The highest BCUT2D eigenvalue weighted by molar-refractivity contribution is 7.91. The highest BCUT2D eigenvalue weighted by atomic mass is 32.2. The second-order valence-corrected chi connectivity index (χ2v) is 7.96. The molecule has 1 aromatic rings. The Hall–Kier alpha value is -1.18.